The molecule has 0 spiro atoms. The van der Waals surface area contributed by atoms with Gasteiger partial charge in [-0.3, -0.25) is 0 Å². The molecule has 4 aromatic carbocycles. The number of nitrogens with zero attached hydrogens (tertiary/aromatic N) is 2. The van der Waals surface area contributed by atoms with Crippen molar-refractivity contribution in [3.63, 3.8) is 0 Å². The Hall–Kier alpha value is -4.35. The largest absolute Gasteiger partial charge is 0.508 e. The van der Waals surface area contributed by atoms with Crippen molar-refractivity contribution in [2.75, 3.05) is 0 Å². The first-order valence-corrected chi connectivity index (χ1v) is 14.1. The Morgan fingerprint density at radius 1 is 0.550 bits per heavy atom. The molecule has 8 heteroatoms. The number of hydrogen-bond acceptors (Lipinski definition) is 5. The SMILES string of the molecule is CC(C)OC(=O)N=NC(=O)OC(C)C.Oc1ccccc1.c1ccc(P(c2ccccc2)c2ccccc2)cc1. The molecule has 0 bridgehead atoms. The maximum atomic E-state index is 10.8. The van der Waals surface area contributed by atoms with Crippen LogP contribution in [0, 0.1) is 0 Å². The molecule has 0 saturated heterocycles. The van der Waals surface area contributed by atoms with Gasteiger partial charge in [-0.1, -0.05) is 119 Å². The fourth-order valence-corrected chi connectivity index (χ4v) is 5.44. The summed E-state index contributed by atoms with van der Waals surface area (Å²) in [5, 5.41) is 18.8. The number of azo groups is 1. The van der Waals surface area contributed by atoms with Crippen LogP contribution in [-0.4, -0.2) is 29.5 Å². The minimum atomic E-state index is -0.902. The van der Waals surface area contributed by atoms with E-state index >= 15 is 0 Å². The summed E-state index contributed by atoms with van der Waals surface area (Å²) in [6.45, 7) is 6.67. The second-order valence-electron chi connectivity index (χ2n) is 8.74. The number of aromatic hydroxyl groups is 1. The van der Waals surface area contributed by atoms with Crippen molar-refractivity contribution in [3.05, 3.63) is 121 Å². The summed E-state index contributed by atoms with van der Waals surface area (Å²) < 4.78 is 9.20. The number of benzene rings is 4. The highest BCUT2D eigenvalue weighted by Gasteiger charge is 2.15. The van der Waals surface area contributed by atoms with Gasteiger partial charge in [0.05, 0.1) is 12.2 Å². The average molecular weight is 559 g/mol. The van der Waals surface area contributed by atoms with Crippen molar-refractivity contribution < 1.29 is 24.2 Å². The van der Waals surface area contributed by atoms with Gasteiger partial charge >= 0.3 is 12.2 Å². The van der Waals surface area contributed by atoms with Gasteiger partial charge in [-0.2, -0.15) is 0 Å². The molecule has 4 rings (SSSR count). The number of rotatable bonds is 5. The first-order valence-electron chi connectivity index (χ1n) is 12.8. The van der Waals surface area contributed by atoms with E-state index < -0.39 is 20.1 Å². The van der Waals surface area contributed by atoms with Crippen LogP contribution >= 0.6 is 7.92 Å². The normalized spacial score (nSPS) is 10.4. The number of amides is 2. The smallest absolute Gasteiger partial charge is 0.452 e. The molecule has 0 atom stereocenters. The molecule has 0 aliphatic carbocycles. The van der Waals surface area contributed by atoms with E-state index in [1.165, 1.54) is 15.9 Å². The number of phenolic OH excluding ortho intramolecular Hbond substituents is 1. The zero-order chi connectivity index (χ0) is 29.2. The van der Waals surface area contributed by atoms with Gasteiger partial charge < -0.3 is 14.6 Å². The predicted molar refractivity (Wildman–Crippen MR) is 161 cm³/mol. The minimum Gasteiger partial charge on any atom is -0.508 e. The molecule has 0 fully saturated rings. The van der Waals surface area contributed by atoms with E-state index in [0.717, 1.165) is 0 Å². The van der Waals surface area contributed by atoms with E-state index in [0.29, 0.717) is 5.75 Å². The zero-order valence-electron chi connectivity index (χ0n) is 23.1. The first kappa shape index (κ1) is 31.9. The molecule has 0 saturated carbocycles. The highest BCUT2D eigenvalue weighted by Crippen LogP contribution is 2.32. The van der Waals surface area contributed by atoms with Crippen LogP contribution in [-0.2, 0) is 9.47 Å². The lowest BCUT2D eigenvalue weighted by molar-refractivity contribution is 0.115. The number of hydrogen-bond donors (Lipinski definition) is 1. The van der Waals surface area contributed by atoms with E-state index in [9.17, 15) is 9.59 Å². The average Bonchev–Trinajstić information content (AvgIpc) is 2.94. The maximum absolute atomic E-state index is 10.8. The van der Waals surface area contributed by atoms with E-state index in [4.69, 9.17) is 5.11 Å². The highest BCUT2D eigenvalue weighted by atomic mass is 31.1. The number of phenols is 1. The fourth-order valence-electron chi connectivity index (χ4n) is 3.14. The van der Waals surface area contributed by atoms with Crippen LogP contribution in [0.1, 0.15) is 27.7 Å². The standard InChI is InChI=1S/C18H15P.C8H14N2O4.C6H6O/c1-4-10-16(11-5-1)19(17-12-6-2-7-13-17)18-14-8-3-9-15-18;1-5(2)13-7(11)9-10-8(12)14-6(3)4;7-6-4-2-1-3-5-6/h1-15H;5-6H,1-4H3;1-5,7H. The third kappa shape index (κ3) is 12.9. The Bertz CT molecular complexity index is 1170. The number of carbonyl (C=O) groups excluding carboxylic acids is 2. The van der Waals surface area contributed by atoms with Gasteiger partial charge in [-0.15, -0.1) is 0 Å². The third-order valence-electron chi connectivity index (χ3n) is 4.69. The van der Waals surface area contributed by atoms with E-state index in [-0.39, 0.29) is 12.2 Å². The Morgan fingerprint density at radius 3 is 1.05 bits per heavy atom. The molecule has 1 N–H and O–H groups in total. The number of ether oxygens (including phenoxy) is 2. The minimum absolute atomic E-state index is 0.289. The second-order valence-corrected chi connectivity index (χ2v) is 11.0. The van der Waals surface area contributed by atoms with Crippen LogP contribution in [0.2, 0.25) is 0 Å². The van der Waals surface area contributed by atoms with Crippen molar-refractivity contribution >= 4 is 36.0 Å². The van der Waals surface area contributed by atoms with Crippen LogP contribution < -0.4 is 15.9 Å². The molecule has 2 amide bonds. The Balaban J connectivity index is 0.000000234. The monoisotopic (exact) mass is 558 g/mol. The molecular formula is C32H35N2O5P. The third-order valence-corrected chi connectivity index (χ3v) is 7.13. The van der Waals surface area contributed by atoms with Gasteiger partial charge in [-0.25, -0.2) is 9.59 Å². The van der Waals surface area contributed by atoms with Crippen molar-refractivity contribution in [3.8, 4) is 5.75 Å². The van der Waals surface area contributed by atoms with Crippen LogP contribution in [0.3, 0.4) is 0 Å². The van der Waals surface area contributed by atoms with Crippen LogP contribution in [0.25, 0.3) is 0 Å². The van der Waals surface area contributed by atoms with E-state index in [2.05, 4.69) is 111 Å². The predicted octanol–water partition coefficient (Wildman–Crippen LogP) is 7.37. The molecule has 0 unspecified atom stereocenters. The van der Waals surface area contributed by atoms with Gasteiger partial charge in [-0.05, 0) is 63.7 Å². The molecule has 0 aromatic heterocycles. The Labute approximate surface area is 237 Å². The van der Waals surface area contributed by atoms with Gasteiger partial charge in [0.25, 0.3) is 0 Å². The zero-order valence-corrected chi connectivity index (χ0v) is 24.0. The maximum Gasteiger partial charge on any atom is 0.452 e. The first-order chi connectivity index (χ1) is 19.3. The summed E-state index contributed by atoms with van der Waals surface area (Å²) in [4.78, 5) is 21.5. The van der Waals surface area contributed by atoms with Crippen LogP contribution in [0.15, 0.2) is 132 Å². The van der Waals surface area contributed by atoms with Crippen molar-refractivity contribution in [2.24, 2.45) is 10.2 Å². The summed E-state index contributed by atoms with van der Waals surface area (Å²) >= 11 is 0. The van der Waals surface area contributed by atoms with E-state index in [1.54, 1.807) is 52.0 Å². The molecule has 40 heavy (non-hydrogen) atoms. The lowest BCUT2D eigenvalue weighted by atomic mass is 10.3. The van der Waals surface area contributed by atoms with Gasteiger partial charge in [0.2, 0.25) is 0 Å². The summed E-state index contributed by atoms with van der Waals surface area (Å²) in [7, 11) is -0.446. The number of para-hydroxylation sites is 1. The quantitative estimate of drug-likeness (QED) is 0.204. The van der Waals surface area contributed by atoms with Gasteiger partial charge in [0.1, 0.15) is 5.75 Å². The molecule has 208 valence electrons. The molecule has 7 nitrogen and oxygen atoms in total. The second kappa shape index (κ2) is 18.0. The summed E-state index contributed by atoms with van der Waals surface area (Å²) in [6.07, 6.45) is -2.38. The lowest BCUT2D eigenvalue weighted by Crippen LogP contribution is -2.20. The summed E-state index contributed by atoms with van der Waals surface area (Å²) in [5.41, 5.74) is 0. The van der Waals surface area contributed by atoms with Crippen LogP contribution in [0.5, 0.6) is 5.75 Å². The fraction of sp³-hybridized carbons (Fsp3) is 0.188. The summed E-state index contributed by atoms with van der Waals surface area (Å²) in [5.74, 6) is 0.322. The van der Waals surface area contributed by atoms with Gasteiger partial charge in [0.15, 0.2) is 0 Å². The molecule has 0 heterocycles. The van der Waals surface area contributed by atoms with Crippen molar-refractivity contribution in [1.82, 2.24) is 0 Å². The highest BCUT2D eigenvalue weighted by molar-refractivity contribution is 7.79. The van der Waals surface area contributed by atoms with E-state index in [1.807, 2.05) is 6.07 Å². The van der Waals surface area contributed by atoms with Crippen molar-refractivity contribution in [2.45, 2.75) is 39.9 Å². The Kier molecular flexibility index (Phi) is 14.4. The summed E-state index contributed by atoms with van der Waals surface area (Å²) in [6, 6.07) is 41.0. The lowest BCUT2D eigenvalue weighted by Gasteiger charge is -2.18. The molecule has 0 radical (unpaired) electrons. The topological polar surface area (TPSA) is 97.6 Å². The number of carbonyl (C=O) groups is 2. The molecule has 0 aliphatic heterocycles. The Morgan fingerprint density at radius 2 is 0.825 bits per heavy atom. The van der Waals surface area contributed by atoms with Crippen LogP contribution in [0.4, 0.5) is 9.59 Å². The molecular weight excluding hydrogens is 523 g/mol. The van der Waals surface area contributed by atoms with Gasteiger partial charge in [0, 0.05) is 0 Å². The molecule has 4 aromatic rings. The molecule has 0 aliphatic rings. The van der Waals surface area contributed by atoms with Crippen molar-refractivity contribution in [1.29, 1.82) is 0 Å².